The van der Waals surface area contributed by atoms with Crippen LogP contribution >= 0.6 is 0 Å². The molecule has 1 rings (SSSR count). The monoisotopic (exact) mass is 198 g/mol. The van der Waals surface area contributed by atoms with Gasteiger partial charge in [0.1, 0.15) is 5.60 Å². The summed E-state index contributed by atoms with van der Waals surface area (Å²) in [6, 6.07) is 0. The van der Waals surface area contributed by atoms with E-state index in [1.165, 1.54) is 0 Å². The van der Waals surface area contributed by atoms with Crippen molar-refractivity contribution in [3.05, 3.63) is 11.6 Å². The zero-order chi connectivity index (χ0) is 10.6. The highest BCUT2D eigenvalue weighted by atomic mass is 16.5. The fraction of sp³-hybridized carbons (Fsp3) is 0.727. The van der Waals surface area contributed by atoms with Gasteiger partial charge in [-0.15, -0.1) is 0 Å². The molecule has 0 spiro atoms. The molecule has 0 radical (unpaired) electrons. The Labute approximate surface area is 84.8 Å². The van der Waals surface area contributed by atoms with Gasteiger partial charge in [-0.05, 0) is 19.4 Å². The molecule has 1 unspecified atom stereocenters. The first-order valence-electron chi connectivity index (χ1n) is 5.11. The smallest absolute Gasteiger partial charge is 0.187 e. The van der Waals surface area contributed by atoms with Crippen LogP contribution in [0.15, 0.2) is 11.6 Å². The van der Waals surface area contributed by atoms with Crippen molar-refractivity contribution in [3.63, 3.8) is 0 Å². The molecule has 1 N–H and O–H groups in total. The summed E-state index contributed by atoms with van der Waals surface area (Å²) in [4.78, 5) is 11.8. The van der Waals surface area contributed by atoms with Crippen molar-refractivity contribution in [3.8, 4) is 0 Å². The van der Waals surface area contributed by atoms with Crippen LogP contribution in [0.25, 0.3) is 0 Å². The first-order valence-corrected chi connectivity index (χ1v) is 5.11. The molecule has 0 amide bonds. The molecule has 1 aliphatic rings. The van der Waals surface area contributed by atoms with E-state index in [-0.39, 0.29) is 12.4 Å². The van der Waals surface area contributed by atoms with Crippen LogP contribution in [-0.4, -0.2) is 29.7 Å². The predicted octanol–water partition coefficient (Wildman–Crippen LogP) is 1.45. The molecule has 14 heavy (non-hydrogen) atoms. The molecule has 1 fully saturated rings. The van der Waals surface area contributed by atoms with E-state index in [2.05, 4.69) is 0 Å². The number of aliphatic hydroxyl groups is 1. The van der Waals surface area contributed by atoms with Gasteiger partial charge in [0.2, 0.25) is 0 Å². The van der Waals surface area contributed by atoms with Crippen molar-refractivity contribution >= 4 is 5.78 Å². The van der Waals surface area contributed by atoms with Gasteiger partial charge in [0, 0.05) is 19.4 Å². The van der Waals surface area contributed by atoms with Crippen molar-refractivity contribution < 1.29 is 14.6 Å². The number of allylic oxidation sites excluding steroid dienone is 1. The molecule has 3 heteroatoms. The highest BCUT2D eigenvalue weighted by molar-refractivity contribution is 5.98. The SMILES string of the molecule is CCC(C)=CC(=O)C1(CCO)CCO1. The lowest BCUT2D eigenvalue weighted by molar-refractivity contribution is -0.173. The van der Waals surface area contributed by atoms with Crippen molar-refractivity contribution in [1.82, 2.24) is 0 Å². The second-order valence-electron chi connectivity index (χ2n) is 3.77. The second-order valence-corrected chi connectivity index (χ2v) is 3.77. The van der Waals surface area contributed by atoms with E-state index in [1.807, 2.05) is 13.8 Å². The fourth-order valence-electron chi connectivity index (χ4n) is 1.50. The Bertz CT molecular complexity index is 239. The van der Waals surface area contributed by atoms with Crippen LogP contribution < -0.4 is 0 Å². The van der Waals surface area contributed by atoms with E-state index in [1.54, 1.807) is 6.08 Å². The zero-order valence-corrected chi connectivity index (χ0v) is 8.88. The molecular formula is C11H18O3. The average Bonchev–Trinajstić information content (AvgIpc) is 2.10. The summed E-state index contributed by atoms with van der Waals surface area (Å²) in [5, 5.41) is 8.85. The molecule has 1 atom stereocenters. The first-order chi connectivity index (χ1) is 6.64. The van der Waals surface area contributed by atoms with Crippen LogP contribution in [0.5, 0.6) is 0 Å². The van der Waals surface area contributed by atoms with Gasteiger partial charge < -0.3 is 9.84 Å². The van der Waals surface area contributed by atoms with E-state index in [9.17, 15) is 4.79 Å². The molecule has 3 nitrogen and oxygen atoms in total. The van der Waals surface area contributed by atoms with Crippen molar-refractivity contribution in [2.24, 2.45) is 0 Å². The van der Waals surface area contributed by atoms with E-state index in [4.69, 9.17) is 9.84 Å². The Kier molecular flexibility index (Phi) is 3.84. The third-order valence-electron chi connectivity index (χ3n) is 2.78. The number of carbonyl (C=O) groups excluding carboxylic acids is 1. The Morgan fingerprint density at radius 1 is 1.64 bits per heavy atom. The Morgan fingerprint density at radius 3 is 2.64 bits per heavy atom. The van der Waals surface area contributed by atoms with Gasteiger partial charge in [-0.25, -0.2) is 0 Å². The van der Waals surface area contributed by atoms with E-state index in [0.29, 0.717) is 13.0 Å². The molecule has 1 aliphatic heterocycles. The van der Waals surface area contributed by atoms with Crippen LogP contribution in [0, 0.1) is 0 Å². The van der Waals surface area contributed by atoms with E-state index >= 15 is 0 Å². The van der Waals surface area contributed by atoms with Gasteiger partial charge in [-0.3, -0.25) is 4.79 Å². The number of ether oxygens (including phenoxy) is 1. The van der Waals surface area contributed by atoms with Crippen molar-refractivity contribution in [2.45, 2.75) is 38.7 Å². The maximum atomic E-state index is 11.8. The lowest BCUT2D eigenvalue weighted by atomic mass is 9.85. The molecule has 1 heterocycles. The number of hydrogen-bond donors (Lipinski definition) is 1. The maximum Gasteiger partial charge on any atom is 0.187 e. The first kappa shape index (κ1) is 11.4. The van der Waals surface area contributed by atoms with E-state index < -0.39 is 5.60 Å². The minimum absolute atomic E-state index is 0.00471. The Balaban J connectivity index is 2.65. The molecule has 0 aromatic rings. The standard InChI is InChI=1S/C11H18O3/c1-3-9(2)8-10(13)11(4-6-12)5-7-14-11/h8,12H,3-7H2,1-2H3. The average molecular weight is 198 g/mol. The molecule has 80 valence electrons. The van der Waals surface area contributed by atoms with Crippen molar-refractivity contribution in [1.29, 1.82) is 0 Å². The van der Waals surface area contributed by atoms with Gasteiger partial charge >= 0.3 is 0 Å². The summed E-state index contributed by atoms with van der Waals surface area (Å²) in [6.45, 7) is 4.58. The van der Waals surface area contributed by atoms with Gasteiger partial charge in [0.05, 0.1) is 6.61 Å². The molecule has 1 saturated heterocycles. The number of ketones is 1. The molecule has 0 aromatic heterocycles. The summed E-state index contributed by atoms with van der Waals surface area (Å²) < 4.78 is 5.31. The summed E-state index contributed by atoms with van der Waals surface area (Å²) >= 11 is 0. The lowest BCUT2D eigenvalue weighted by Gasteiger charge is -2.39. The van der Waals surface area contributed by atoms with Gasteiger partial charge in [-0.1, -0.05) is 12.5 Å². The van der Waals surface area contributed by atoms with Crippen LogP contribution in [0.4, 0.5) is 0 Å². The third-order valence-corrected chi connectivity index (χ3v) is 2.78. The molecule has 0 aliphatic carbocycles. The fourth-order valence-corrected chi connectivity index (χ4v) is 1.50. The largest absolute Gasteiger partial charge is 0.396 e. The minimum atomic E-state index is -0.703. The lowest BCUT2D eigenvalue weighted by Crippen LogP contribution is -2.50. The zero-order valence-electron chi connectivity index (χ0n) is 8.88. The van der Waals surface area contributed by atoms with Gasteiger partial charge in [0.15, 0.2) is 5.78 Å². The number of hydrogen-bond acceptors (Lipinski definition) is 3. The van der Waals surface area contributed by atoms with Crippen LogP contribution in [0.2, 0.25) is 0 Å². The summed E-state index contributed by atoms with van der Waals surface area (Å²) in [5.74, 6) is 0.0113. The van der Waals surface area contributed by atoms with Crippen LogP contribution in [0.3, 0.4) is 0 Å². The summed E-state index contributed by atoms with van der Waals surface area (Å²) in [5.41, 5.74) is 0.355. The molecule has 0 bridgehead atoms. The van der Waals surface area contributed by atoms with Gasteiger partial charge in [0.25, 0.3) is 0 Å². The highest BCUT2D eigenvalue weighted by Crippen LogP contribution is 2.31. The maximum absolute atomic E-state index is 11.8. The molecule has 0 saturated carbocycles. The predicted molar refractivity (Wildman–Crippen MR) is 54.1 cm³/mol. The minimum Gasteiger partial charge on any atom is -0.396 e. The van der Waals surface area contributed by atoms with Gasteiger partial charge in [-0.2, -0.15) is 0 Å². The van der Waals surface area contributed by atoms with Crippen LogP contribution in [-0.2, 0) is 9.53 Å². The number of carbonyl (C=O) groups is 1. The summed E-state index contributed by atoms with van der Waals surface area (Å²) in [7, 11) is 0. The molecule has 0 aromatic carbocycles. The van der Waals surface area contributed by atoms with E-state index in [0.717, 1.165) is 18.4 Å². The highest BCUT2D eigenvalue weighted by Gasteiger charge is 2.43. The third kappa shape index (κ3) is 2.22. The summed E-state index contributed by atoms with van der Waals surface area (Å²) in [6.07, 6.45) is 3.68. The number of aliphatic hydroxyl groups excluding tert-OH is 1. The van der Waals surface area contributed by atoms with Crippen molar-refractivity contribution in [2.75, 3.05) is 13.2 Å². The Hall–Kier alpha value is -0.670. The second kappa shape index (κ2) is 4.71. The normalized spacial score (nSPS) is 27.2. The molecular weight excluding hydrogens is 180 g/mol. The quantitative estimate of drug-likeness (QED) is 0.680. The Morgan fingerprint density at radius 2 is 2.29 bits per heavy atom. The topological polar surface area (TPSA) is 46.5 Å². The number of rotatable bonds is 5. The van der Waals surface area contributed by atoms with Crippen LogP contribution in [0.1, 0.15) is 33.1 Å².